The number of anilines is 1. The van der Waals surface area contributed by atoms with Crippen molar-refractivity contribution < 1.29 is 18.0 Å². The van der Waals surface area contributed by atoms with E-state index < -0.39 is 10.0 Å². The number of rotatable bonds is 6. The quantitative estimate of drug-likeness (QED) is 0.749. The lowest BCUT2D eigenvalue weighted by molar-refractivity contribution is -0.118. The van der Waals surface area contributed by atoms with E-state index in [1.54, 1.807) is 23.1 Å². The van der Waals surface area contributed by atoms with E-state index in [1.165, 1.54) is 18.3 Å². The lowest BCUT2D eigenvalue weighted by Crippen LogP contribution is -2.33. The zero-order valence-corrected chi connectivity index (χ0v) is 16.6. The molecule has 0 spiro atoms. The molecule has 0 aliphatic carbocycles. The highest BCUT2D eigenvalue weighted by Crippen LogP contribution is 2.38. The Morgan fingerprint density at radius 3 is 2.63 bits per heavy atom. The predicted octanol–water partition coefficient (Wildman–Crippen LogP) is 2.31. The van der Waals surface area contributed by atoms with E-state index in [2.05, 4.69) is 4.72 Å². The van der Waals surface area contributed by atoms with Gasteiger partial charge in [0.2, 0.25) is 15.9 Å². The van der Waals surface area contributed by atoms with Crippen molar-refractivity contribution in [1.29, 1.82) is 0 Å². The average Bonchev–Trinajstić information content (AvgIpc) is 3.26. The number of ketones is 1. The molecule has 142 valence electrons. The normalized spacial score (nSPS) is 15.9. The third-order valence-corrected chi connectivity index (χ3v) is 7.69. The zero-order chi connectivity index (χ0) is 19.2. The molecule has 1 amide bonds. The number of carbonyl (C=O) groups excluding carboxylic acids is 2. The van der Waals surface area contributed by atoms with Gasteiger partial charge in [0.05, 0.1) is 15.5 Å². The van der Waals surface area contributed by atoms with Crippen molar-refractivity contribution >= 4 is 38.7 Å². The summed E-state index contributed by atoms with van der Waals surface area (Å²) in [7, 11) is -3.62. The van der Waals surface area contributed by atoms with Gasteiger partial charge in [-0.1, -0.05) is 0 Å². The van der Waals surface area contributed by atoms with Crippen LogP contribution in [0.15, 0.2) is 29.2 Å². The van der Waals surface area contributed by atoms with Gasteiger partial charge in [-0.2, -0.15) is 0 Å². The maximum absolute atomic E-state index is 12.7. The van der Waals surface area contributed by atoms with E-state index in [-0.39, 0.29) is 23.1 Å². The molecular weight excluding hydrogens is 384 g/mol. The van der Waals surface area contributed by atoms with Crippen molar-refractivity contribution in [2.75, 3.05) is 18.0 Å². The standard InChI is InChI=1S/C19H20N2O4S2/c1-12(22)17-4-3-15(26-17)6-8-20-27(24,25)16-10-13-2-5-18(23)21-9-7-14(11-16)19(13)21/h3-4,10-11,20H,2,5-9H2,1H3. The molecule has 0 bridgehead atoms. The van der Waals surface area contributed by atoms with E-state index in [0.717, 1.165) is 21.7 Å². The number of hydrogen-bond acceptors (Lipinski definition) is 5. The molecule has 0 saturated carbocycles. The first-order valence-corrected chi connectivity index (χ1v) is 11.2. The van der Waals surface area contributed by atoms with Gasteiger partial charge in [-0.05, 0) is 61.6 Å². The second-order valence-electron chi connectivity index (χ2n) is 6.86. The summed E-state index contributed by atoms with van der Waals surface area (Å²) >= 11 is 1.40. The Morgan fingerprint density at radius 1 is 1.19 bits per heavy atom. The van der Waals surface area contributed by atoms with Crippen LogP contribution in [0.25, 0.3) is 0 Å². The molecule has 8 heteroatoms. The topological polar surface area (TPSA) is 83.6 Å². The largest absolute Gasteiger partial charge is 0.312 e. The molecule has 4 rings (SSSR count). The van der Waals surface area contributed by atoms with E-state index in [0.29, 0.717) is 37.1 Å². The third-order valence-electron chi connectivity index (χ3n) is 5.01. The van der Waals surface area contributed by atoms with Crippen molar-refractivity contribution in [3.05, 3.63) is 45.1 Å². The summed E-state index contributed by atoms with van der Waals surface area (Å²) in [6, 6.07) is 7.03. The first-order chi connectivity index (χ1) is 12.8. The molecule has 2 aliphatic heterocycles. The van der Waals surface area contributed by atoms with Crippen LogP contribution in [0.1, 0.15) is 39.0 Å². The number of amides is 1. The fraction of sp³-hybridized carbons (Fsp3) is 0.368. The third kappa shape index (κ3) is 3.44. The Kier molecular flexibility index (Phi) is 4.65. The molecule has 27 heavy (non-hydrogen) atoms. The molecule has 1 aromatic carbocycles. The molecule has 2 aliphatic rings. The SMILES string of the molecule is CC(=O)c1ccc(CCNS(=O)(=O)c2cc3c4c(c2)CCN4C(=O)CC3)s1. The van der Waals surface area contributed by atoms with Crippen LogP contribution >= 0.6 is 11.3 Å². The number of thiophene rings is 1. The molecule has 6 nitrogen and oxygen atoms in total. The number of aryl methyl sites for hydroxylation is 1. The maximum atomic E-state index is 12.7. The minimum atomic E-state index is -3.62. The van der Waals surface area contributed by atoms with Crippen molar-refractivity contribution in [2.45, 2.75) is 37.5 Å². The molecule has 2 aromatic rings. The summed E-state index contributed by atoms with van der Waals surface area (Å²) in [5.41, 5.74) is 2.79. The number of nitrogens with zero attached hydrogens (tertiary/aromatic N) is 1. The Balaban J connectivity index is 1.49. The minimum absolute atomic E-state index is 0.0199. The highest BCUT2D eigenvalue weighted by atomic mass is 32.2. The summed E-state index contributed by atoms with van der Waals surface area (Å²) in [5, 5.41) is 0. The van der Waals surface area contributed by atoms with E-state index in [1.807, 2.05) is 6.07 Å². The lowest BCUT2D eigenvalue weighted by atomic mass is 10.00. The second-order valence-corrected chi connectivity index (χ2v) is 9.79. The number of hydrogen-bond donors (Lipinski definition) is 1. The first kappa shape index (κ1) is 18.3. The predicted molar refractivity (Wildman–Crippen MR) is 104 cm³/mol. The van der Waals surface area contributed by atoms with Crippen molar-refractivity contribution in [3.8, 4) is 0 Å². The van der Waals surface area contributed by atoms with Gasteiger partial charge < -0.3 is 4.90 Å². The van der Waals surface area contributed by atoms with Gasteiger partial charge in [-0.3, -0.25) is 9.59 Å². The Morgan fingerprint density at radius 2 is 1.93 bits per heavy atom. The van der Waals surface area contributed by atoms with Crippen LogP contribution < -0.4 is 9.62 Å². The number of Topliss-reactive ketones (excluding diaryl/α,β-unsaturated/α-hetero) is 1. The highest BCUT2D eigenvalue weighted by molar-refractivity contribution is 7.89. The van der Waals surface area contributed by atoms with Crippen LogP contribution in [-0.2, 0) is 34.1 Å². The molecule has 1 aromatic heterocycles. The van der Waals surface area contributed by atoms with Gasteiger partial charge >= 0.3 is 0 Å². The fourth-order valence-electron chi connectivity index (χ4n) is 3.67. The molecular formula is C19H20N2O4S2. The fourth-order valence-corrected chi connectivity index (χ4v) is 5.71. The van der Waals surface area contributed by atoms with Crippen LogP contribution in [0.4, 0.5) is 5.69 Å². The lowest BCUT2D eigenvalue weighted by Gasteiger charge is -2.25. The summed E-state index contributed by atoms with van der Waals surface area (Å²) in [6.45, 7) is 2.43. The molecule has 0 saturated heterocycles. The number of sulfonamides is 1. The highest BCUT2D eigenvalue weighted by Gasteiger charge is 2.32. The monoisotopic (exact) mass is 404 g/mol. The van der Waals surface area contributed by atoms with E-state index >= 15 is 0 Å². The van der Waals surface area contributed by atoms with Gasteiger partial charge in [-0.15, -0.1) is 11.3 Å². The molecule has 0 radical (unpaired) electrons. The number of carbonyl (C=O) groups is 2. The molecule has 3 heterocycles. The summed E-state index contributed by atoms with van der Waals surface area (Å²) in [5.74, 6) is 0.141. The Hall–Kier alpha value is -2.03. The Labute approximate surface area is 162 Å². The summed E-state index contributed by atoms with van der Waals surface area (Å²) < 4.78 is 28.1. The molecule has 0 unspecified atom stereocenters. The van der Waals surface area contributed by atoms with Crippen molar-refractivity contribution in [1.82, 2.24) is 4.72 Å². The number of benzene rings is 1. The molecule has 0 atom stereocenters. The van der Waals surface area contributed by atoms with Gasteiger partial charge in [0.25, 0.3) is 0 Å². The molecule has 1 N–H and O–H groups in total. The second kappa shape index (κ2) is 6.85. The van der Waals surface area contributed by atoms with Gasteiger partial charge in [0.1, 0.15) is 0 Å². The summed E-state index contributed by atoms with van der Waals surface area (Å²) in [6.07, 6.45) is 2.25. The van der Waals surface area contributed by atoms with E-state index in [4.69, 9.17) is 0 Å². The van der Waals surface area contributed by atoms with E-state index in [9.17, 15) is 18.0 Å². The van der Waals surface area contributed by atoms with Crippen molar-refractivity contribution in [2.24, 2.45) is 0 Å². The van der Waals surface area contributed by atoms with Crippen LogP contribution in [-0.4, -0.2) is 33.2 Å². The van der Waals surface area contributed by atoms with Crippen molar-refractivity contribution in [3.63, 3.8) is 0 Å². The van der Waals surface area contributed by atoms with Crippen LogP contribution in [0.3, 0.4) is 0 Å². The zero-order valence-electron chi connectivity index (χ0n) is 14.9. The minimum Gasteiger partial charge on any atom is -0.312 e. The first-order valence-electron chi connectivity index (χ1n) is 8.90. The summed E-state index contributed by atoms with van der Waals surface area (Å²) in [4.78, 5) is 27.1. The Bertz CT molecular complexity index is 1040. The van der Waals surface area contributed by atoms with Gasteiger partial charge in [0, 0.05) is 24.4 Å². The molecule has 0 fully saturated rings. The number of nitrogens with one attached hydrogen (secondary N) is 1. The van der Waals surface area contributed by atoms with Crippen LogP contribution in [0.2, 0.25) is 0 Å². The smallest absolute Gasteiger partial charge is 0.240 e. The van der Waals surface area contributed by atoms with Crippen LogP contribution in [0, 0.1) is 0 Å². The maximum Gasteiger partial charge on any atom is 0.240 e. The average molecular weight is 405 g/mol. The van der Waals surface area contributed by atoms with Gasteiger partial charge in [-0.25, -0.2) is 13.1 Å². The van der Waals surface area contributed by atoms with Gasteiger partial charge in [0.15, 0.2) is 5.78 Å². The van der Waals surface area contributed by atoms with Crippen LogP contribution in [0.5, 0.6) is 0 Å².